The summed E-state index contributed by atoms with van der Waals surface area (Å²) in [4.78, 5) is 13.1. The molecule has 0 saturated carbocycles. The van der Waals surface area contributed by atoms with Crippen molar-refractivity contribution in [3.05, 3.63) is 72.4 Å². The van der Waals surface area contributed by atoms with Crippen LogP contribution in [0, 0.1) is 0 Å². The second-order valence-corrected chi connectivity index (χ2v) is 10.6. The van der Waals surface area contributed by atoms with Crippen molar-refractivity contribution >= 4 is 5.91 Å². The molecule has 0 aliphatic heterocycles. The van der Waals surface area contributed by atoms with E-state index in [1.807, 2.05) is 66.9 Å². The highest BCUT2D eigenvalue weighted by atomic mass is 16.1. The zero-order valence-electron chi connectivity index (χ0n) is 23.7. The first-order chi connectivity index (χ1) is 18.8. The predicted octanol–water partition coefficient (Wildman–Crippen LogP) is 9.53. The normalized spacial score (nSPS) is 11.1. The Balaban J connectivity index is 1.28. The van der Waals surface area contributed by atoms with Crippen LogP contribution in [-0.4, -0.2) is 22.2 Å². The third-order valence-electron chi connectivity index (χ3n) is 7.34. The summed E-state index contributed by atoms with van der Waals surface area (Å²) in [5, 5.41) is 7.89. The average Bonchev–Trinajstić information content (AvgIpc) is 3.41. The molecule has 0 atom stereocenters. The van der Waals surface area contributed by atoms with Gasteiger partial charge in [0.05, 0.1) is 11.3 Å². The number of benzene rings is 2. The van der Waals surface area contributed by atoms with E-state index in [1.165, 1.54) is 96.3 Å². The fourth-order valence-corrected chi connectivity index (χ4v) is 5.03. The molecule has 38 heavy (non-hydrogen) atoms. The first-order valence-electron chi connectivity index (χ1n) is 15.3. The van der Waals surface area contributed by atoms with Crippen LogP contribution >= 0.6 is 0 Å². The van der Waals surface area contributed by atoms with E-state index in [0.717, 1.165) is 23.4 Å². The van der Waals surface area contributed by atoms with Gasteiger partial charge in [-0.1, -0.05) is 152 Å². The zero-order chi connectivity index (χ0) is 26.7. The molecule has 1 N–H and O–H groups in total. The lowest BCUT2D eigenvalue weighted by Crippen LogP contribution is -2.24. The van der Waals surface area contributed by atoms with E-state index in [0.29, 0.717) is 12.1 Å². The number of hydrogen-bond donors (Lipinski definition) is 1. The lowest BCUT2D eigenvalue weighted by Gasteiger charge is -2.06. The number of hydrogen-bond acceptors (Lipinski definition) is 2. The van der Waals surface area contributed by atoms with Crippen LogP contribution in [0.15, 0.2) is 66.9 Å². The number of rotatable bonds is 20. The van der Waals surface area contributed by atoms with Crippen molar-refractivity contribution in [2.75, 3.05) is 6.54 Å². The summed E-state index contributed by atoms with van der Waals surface area (Å²) in [6.45, 7) is 2.99. The van der Waals surface area contributed by atoms with Crippen molar-refractivity contribution in [1.29, 1.82) is 0 Å². The van der Waals surface area contributed by atoms with Gasteiger partial charge in [-0.05, 0) is 18.6 Å². The van der Waals surface area contributed by atoms with Gasteiger partial charge in [-0.25, -0.2) is 4.68 Å². The molecular formula is C34H49N3O. The third-order valence-corrected chi connectivity index (χ3v) is 7.34. The number of nitrogens with zero attached hydrogens (tertiary/aromatic N) is 2. The largest absolute Gasteiger partial charge is 0.352 e. The van der Waals surface area contributed by atoms with Gasteiger partial charge in [-0.15, -0.1) is 0 Å². The first-order valence-corrected chi connectivity index (χ1v) is 15.3. The average molecular weight is 516 g/mol. The Bertz CT molecular complexity index is 1010. The fourth-order valence-electron chi connectivity index (χ4n) is 5.03. The topological polar surface area (TPSA) is 46.9 Å². The molecular weight excluding hydrogens is 466 g/mol. The molecule has 0 unspecified atom stereocenters. The fraction of sp³-hybridized carbons (Fsp3) is 0.529. The van der Waals surface area contributed by atoms with Crippen LogP contribution in [0.3, 0.4) is 0 Å². The molecule has 206 valence electrons. The maximum absolute atomic E-state index is 13.1. The molecule has 0 aliphatic carbocycles. The lowest BCUT2D eigenvalue weighted by molar-refractivity contribution is 0.0953. The molecule has 1 aromatic heterocycles. The third kappa shape index (κ3) is 10.8. The Morgan fingerprint density at radius 3 is 1.66 bits per heavy atom. The number of amides is 1. The minimum Gasteiger partial charge on any atom is -0.352 e. The Morgan fingerprint density at radius 2 is 1.13 bits per heavy atom. The lowest BCUT2D eigenvalue weighted by atomic mass is 10.0. The number of carbonyl (C=O) groups excluding carboxylic acids is 1. The SMILES string of the molecule is CCCCCCCCCCCCCCCCCCNC(=O)c1cn(-c2ccccc2)nc1-c1ccccc1. The molecule has 4 nitrogen and oxygen atoms in total. The summed E-state index contributed by atoms with van der Waals surface area (Å²) in [5.74, 6) is -0.0491. The Hall–Kier alpha value is -2.88. The molecule has 4 heteroatoms. The molecule has 1 heterocycles. The number of carbonyl (C=O) groups is 1. The zero-order valence-corrected chi connectivity index (χ0v) is 23.7. The van der Waals surface area contributed by atoms with Crippen LogP contribution < -0.4 is 5.32 Å². The molecule has 0 bridgehead atoms. The van der Waals surface area contributed by atoms with Gasteiger partial charge < -0.3 is 5.32 Å². The minimum absolute atomic E-state index is 0.0491. The molecule has 0 radical (unpaired) electrons. The Morgan fingerprint density at radius 1 is 0.658 bits per heavy atom. The van der Waals surface area contributed by atoms with Crippen molar-refractivity contribution in [2.45, 2.75) is 110 Å². The molecule has 2 aromatic carbocycles. The smallest absolute Gasteiger partial charge is 0.255 e. The van der Waals surface area contributed by atoms with Crippen LogP contribution in [0.25, 0.3) is 16.9 Å². The van der Waals surface area contributed by atoms with Gasteiger partial charge in [0.25, 0.3) is 5.91 Å². The second kappa shape index (κ2) is 18.4. The van der Waals surface area contributed by atoms with Crippen molar-refractivity contribution in [1.82, 2.24) is 15.1 Å². The number of aromatic nitrogens is 2. The highest BCUT2D eigenvalue weighted by Crippen LogP contribution is 2.23. The summed E-state index contributed by atoms with van der Waals surface area (Å²) < 4.78 is 1.80. The molecule has 1 amide bonds. The molecule has 0 aliphatic rings. The molecule has 3 aromatic rings. The van der Waals surface area contributed by atoms with Crippen molar-refractivity contribution in [3.8, 4) is 16.9 Å². The van der Waals surface area contributed by atoms with Crippen molar-refractivity contribution in [3.63, 3.8) is 0 Å². The quantitative estimate of drug-likeness (QED) is 0.152. The van der Waals surface area contributed by atoms with Gasteiger partial charge in [0.2, 0.25) is 0 Å². The number of unbranched alkanes of at least 4 members (excludes halogenated alkanes) is 15. The summed E-state index contributed by atoms with van der Waals surface area (Å²) >= 11 is 0. The molecule has 0 saturated heterocycles. The van der Waals surface area contributed by atoms with Crippen molar-refractivity contribution in [2.24, 2.45) is 0 Å². The van der Waals surface area contributed by atoms with Gasteiger partial charge in [0, 0.05) is 18.3 Å². The summed E-state index contributed by atoms with van der Waals surface area (Å²) in [6, 6.07) is 19.9. The van der Waals surface area contributed by atoms with Gasteiger partial charge >= 0.3 is 0 Å². The van der Waals surface area contributed by atoms with E-state index in [-0.39, 0.29) is 5.91 Å². The summed E-state index contributed by atoms with van der Waals surface area (Å²) in [6.07, 6.45) is 23.5. The van der Waals surface area contributed by atoms with Gasteiger partial charge in [0.1, 0.15) is 5.69 Å². The highest BCUT2D eigenvalue weighted by molar-refractivity contribution is 5.99. The van der Waals surface area contributed by atoms with Crippen LogP contribution in [0.4, 0.5) is 0 Å². The Kier molecular flexibility index (Phi) is 14.4. The standard InChI is InChI=1S/C34H49N3O/c1-2-3-4-5-6-7-8-9-10-11-12-13-14-15-16-23-28-35-34(38)32-29-37(31-26-21-18-22-27-31)36-33(32)30-24-19-17-20-25-30/h17-22,24-27,29H,2-16,23,28H2,1H3,(H,35,38). The molecule has 3 rings (SSSR count). The Labute approximate surface area is 231 Å². The summed E-state index contributed by atoms with van der Waals surface area (Å²) in [7, 11) is 0. The van der Waals surface area contributed by atoms with Crippen LogP contribution in [0.2, 0.25) is 0 Å². The van der Waals surface area contributed by atoms with E-state index in [2.05, 4.69) is 12.2 Å². The molecule has 0 fully saturated rings. The number of nitrogens with one attached hydrogen (secondary N) is 1. The second-order valence-electron chi connectivity index (χ2n) is 10.6. The number of para-hydroxylation sites is 1. The van der Waals surface area contributed by atoms with Gasteiger partial charge in [-0.3, -0.25) is 4.79 Å². The monoisotopic (exact) mass is 515 g/mol. The van der Waals surface area contributed by atoms with Crippen LogP contribution in [-0.2, 0) is 0 Å². The van der Waals surface area contributed by atoms with E-state index < -0.39 is 0 Å². The van der Waals surface area contributed by atoms with Crippen molar-refractivity contribution < 1.29 is 4.79 Å². The van der Waals surface area contributed by atoms with Crippen LogP contribution in [0.1, 0.15) is 120 Å². The van der Waals surface area contributed by atoms with E-state index >= 15 is 0 Å². The summed E-state index contributed by atoms with van der Waals surface area (Å²) in [5.41, 5.74) is 3.24. The first kappa shape index (κ1) is 29.7. The van der Waals surface area contributed by atoms with Gasteiger partial charge in [-0.2, -0.15) is 5.10 Å². The van der Waals surface area contributed by atoms with E-state index in [1.54, 1.807) is 4.68 Å². The maximum atomic E-state index is 13.1. The van der Waals surface area contributed by atoms with Crippen LogP contribution in [0.5, 0.6) is 0 Å². The minimum atomic E-state index is -0.0491. The highest BCUT2D eigenvalue weighted by Gasteiger charge is 2.18. The van der Waals surface area contributed by atoms with E-state index in [9.17, 15) is 4.79 Å². The van der Waals surface area contributed by atoms with E-state index in [4.69, 9.17) is 5.10 Å². The molecule has 0 spiro atoms. The predicted molar refractivity (Wildman–Crippen MR) is 161 cm³/mol. The maximum Gasteiger partial charge on any atom is 0.255 e. The van der Waals surface area contributed by atoms with Gasteiger partial charge in [0.15, 0.2) is 0 Å².